The molecule has 3 aromatic rings. The number of nitrogens with zero attached hydrogens (tertiary/aromatic N) is 3. The van der Waals surface area contributed by atoms with Gasteiger partial charge in [-0.25, -0.2) is 0 Å². The van der Waals surface area contributed by atoms with E-state index in [0.29, 0.717) is 22.9 Å². The summed E-state index contributed by atoms with van der Waals surface area (Å²) >= 11 is 11.4. The maximum absolute atomic E-state index is 13.4. The molecule has 1 saturated heterocycles. The number of aromatic hydroxyl groups is 1. The molecule has 1 aliphatic heterocycles. The molecule has 0 bridgehead atoms. The predicted octanol–water partition coefficient (Wildman–Crippen LogP) is 4.40. The molecule has 0 atom stereocenters. The minimum absolute atomic E-state index is 0.00382. The average molecular weight is 452 g/mol. The molecule has 1 N–H and O–H groups in total. The standard InChI is InChI=1S/C23H18ClN3O3S/c1-2-25-21(29)20(22(30)27(23(25)31)17-7-5-15(24)6-8-17)14-18-4-3-13-26(18)16-9-11-19(28)12-10-16/h3-14,28H,2H2,1H3. The number of aromatic nitrogens is 1. The molecular weight excluding hydrogens is 434 g/mol. The van der Waals surface area contributed by atoms with Crippen LogP contribution in [0, 0.1) is 0 Å². The van der Waals surface area contributed by atoms with Gasteiger partial charge in [0, 0.05) is 29.1 Å². The van der Waals surface area contributed by atoms with Gasteiger partial charge in [-0.15, -0.1) is 0 Å². The van der Waals surface area contributed by atoms with Crippen molar-refractivity contribution in [3.05, 3.63) is 83.2 Å². The van der Waals surface area contributed by atoms with E-state index in [1.54, 1.807) is 67.6 Å². The number of carbonyl (C=O) groups is 2. The van der Waals surface area contributed by atoms with Crippen LogP contribution in [0.15, 0.2) is 72.4 Å². The maximum atomic E-state index is 13.4. The number of likely N-dealkylation sites (N-methyl/N-ethyl adjacent to an activating group) is 1. The van der Waals surface area contributed by atoms with E-state index in [1.165, 1.54) is 9.80 Å². The third-order valence-corrected chi connectivity index (χ3v) is 5.59. The third-order valence-electron chi connectivity index (χ3n) is 4.93. The highest BCUT2D eigenvalue weighted by atomic mass is 35.5. The summed E-state index contributed by atoms with van der Waals surface area (Å²) in [6.45, 7) is 2.13. The van der Waals surface area contributed by atoms with Gasteiger partial charge in [0.15, 0.2) is 5.11 Å². The summed E-state index contributed by atoms with van der Waals surface area (Å²) in [7, 11) is 0. The largest absolute Gasteiger partial charge is 0.508 e. The number of phenols is 1. The summed E-state index contributed by atoms with van der Waals surface area (Å²) in [6, 6.07) is 17.0. The monoisotopic (exact) mass is 451 g/mol. The van der Waals surface area contributed by atoms with Gasteiger partial charge < -0.3 is 9.67 Å². The van der Waals surface area contributed by atoms with Crippen molar-refractivity contribution in [2.24, 2.45) is 0 Å². The highest BCUT2D eigenvalue weighted by Gasteiger charge is 2.39. The number of phenolic OH excluding ortho intramolecular Hbond substituents is 1. The molecule has 2 aromatic carbocycles. The van der Waals surface area contributed by atoms with Crippen LogP contribution in [0.1, 0.15) is 12.6 Å². The zero-order valence-corrected chi connectivity index (χ0v) is 18.1. The Balaban J connectivity index is 1.79. The molecule has 4 rings (SSSR count). The number of hydrogen-bond acceptors (Lipinski definition) is 4. The predicted molar refractivity (Wildman–Crippen MR) is 124 cm³/mol. The Kier molecular flexibility index (Phi) is 5.63. The minimum Gasteiger partial charge on any atom is -0.508 e. The second-order valence-corrected chi connectivity index (χ2v) is 7.63. The van der Waals surface area contributed by atoms with Gasteiger partial charge in [-0.05, 0) is 85.9 Å². The molecule has 2 amide bonds. The van der Waals surface area contributed by atoms with Crippen molar-refractivity contribution in [2.45, 2.75) is 6.92 Å². The number of carbonyl (C=O) groups excluding carboxylic acids is 2. The van der Waals surface area contributed by atoms with Crippen molar-refractivity contribution < 1.29 is 14.7 Å². The normalized spacial score (nSPS) is 15.8. The topological polar surface area (TPSA) is 65.8 Å². The van der Waals surface area contributed by atoms with Crippen molar-refractivity contribution in [1.29, 1.82) is 0 Å². The number of anilines is 1. The Labute approximate surface area is 189 Å². The molecule has 8 heteroatoms. The molecule has 0 aliphatic carbocycles. The fraction of sp³-hybridized carbons (Fsp3) is 0.0870. The Bertz CT molecular complexity index is 1200. The van der Waals surface area contributed by atoms with Crippen LogP contribution in [0.3, 0.4) is 0 Å². The van der Waals surface area contributed by atoms with Gasteiger partial charge in [0.1, 0.15) is 11.3 Å². The van der Waals surface area contributed by atoms with E-state index < -0.39 is 11.8 Å². The van der Waals surface area contributed by atoms with Gasteiger partial charge in [0.2, 0.25) is 0 Å². The SMILES string of the molecule is CCN1C(=O)C(=Cc2cccn2-c2ccc(O)cc2)C(=O)N(c2ccc(Cl)cc2)C1=S. The first-order valence-electron chi connectivity index (χ1n) is 9.55. The lowest BCUT2D eigenvalue weighted by Gasteiger charge is -2.36. The highest BCUT2D eigenvalue weighted by molar-refractivity contribution is 7.80. The van der Waals surface area contributed by atoms with E-state index in [-0.39, 0.29) is 16.4 Å². The molecule has 0 saturated carbocycles. The Hall–Kier alpha value is -3.42. The number of thiocarbonyl (C=S) groups is 1. The van der Waals surface area contributed by atoms with E-state index in [1.807, 2.05) is 16.8 Å². The van der Waals surface area contributed by atoms with E-state index in [0.717, 1.165) is 5.69 Å². The van der Waals surface area contributed by atoms with Crippen LogP contribution in [0.4, 0.5) is 5.69 Å². The van der Waals surface area contributed by atoms with Crippen molar-refractivity contribution in [3.63, 3.8) is 0 Å². The highest BCUT2D eigenvalue weighted by Crippen LogP contribution is 2.28. The summed E-state index contributed by atoms with van der Waals surface area (Å²) < 4.78 is 1.82. The number of hydrogen-bond donors (Lipinski definition) is 1. The number of benzene rings is 2. The van der Waals surface area contributed by atoms with Crippen LogP contribution in [-0.2, 0) is 9.59 Å². The second kappa shape index (κ2) is 8.37. The molecule has 31 heavy (non-hydrogen) atoms. The van der Waals surface area contributed by atoms with Crippen LogP contribution in [0.2, 0.25) is 5.02 Å². The number of rotatable bonds is 4. The molecule has 156 valence electrons. The summed E-state index contributed by atoms with van der Waals surface area (Å²) in [5, 5.41) is 10.2. The van der Waals surface area contributed by atoms with Crippen molar-refractivity contribution in [2.75, 3.05) is 11.4 Å². The lowest BCUT2D eigenvalue weighted by molar-refractivity contribution is -0.127. The lowest BCUT2D eigenvalue weighted by Crippen LogP contribution is -2.56. The van der Waals surface area contributed by atoms with E-state index in [9.17, 15) is 14.7 Å². The second-order valence-electron chi connectivity index (χ2n) is 6.83. The quantitative estimate of drug-likeness (QED) is 0.363. The Morgan fingerprint density at radius 1 is 0.968 bits per heavy atom. The maximum Gasteiger partial charge on any atom is 0.270 e. The first-order chi connectivity index (χ1) is 14.9. The van der Waals surface area contributed by atoms with Gasteiger partial charge in [-0.1, -0.05) is 11.6 Å². The van der Waals surface area contributed by atoms with Crippen LogP contribution in [-0.4, -0.2) is 38.0 Å². The van der Waals surface area contributed by atoms with E-state index in [2.05, 4.69) is 0 Å². The van der Waals surface area contributed by atoms with Crippen LogP contribution < -0.4 is 4.90 Å². The molecular formula is C23H18ClN3O3S. The van der Waals surface area contributed by atoms with Gasteiger partial charge in [-0.3, -0.25) is 19.4 Å². The van der Waals surface area contributed by atoms with Crippen molar-refractivity contribution in [3.8, 4) is 11.4 Å². The molecule has 1 aromatic heterocycles. The molecule has 0 radical (unpaired) electrons. The average Bonchev–Trinajstić information content (AvgIpc) is 3.22. The summed E-state index contributed by atoms with van der Waals surface area (Å²) in [6.07, 6.45) is 3.38. The molecule has 6 nitrogen and oxygen atoms in total. The number of amides is 2. The lowest BCUT2D eigenvalue weighted by atomic mass is 10.1. The van der Waals surface area contributed by atoms with E-state index >= 15 is 0 Å². The molecule has 1 fully saturated rings. The molecule has 0 unspecified atom stereocenters. The first kappa shape index (κ1) is 20.8. The fourth-order valence-electron chi connectivity index (χ4n) is 3.38. The van der Waals surface area contributed by atoms with Crippen LogP contribution in [0.25, 0.3) is 11.8 Å². The first-order valence-corrected chi connectivity index (χ1v) is 10.3. The van der Waals surface area contributed by atoms with E-state index in [4.69, 9.17) is 23.8 Å². The van der Waals surface area contributed by atoms with Gasteiger partial charge in [0.05, 0.1) is 5.69 Å². The zero-order chi connectivity index (χ0) is 22.1. The van der Waals surface area contributed by atoms with Crippen LogP contribution in [0.5, 0.6) is 5.75 Å². The third kappa shape index (κ3) is 3.85. The Morgan fingerprint density at radius 2 is 1.61 bits per heavy atom. The van der Waals surface area contributed by atoms with Crippen molar-refractivity contribution in [1.82, 2.24) is 9.47 Å². The molecule has 2 heterocycles. The summed E-state index contributed by atoms with van der Waals surface area (Å²) in [5.74, 6) is -0.791. The summed E-state index contributed by atoms with van der Waals surface area (Å²) in [5.41, 5.74) is 1.96. The van der Waals surface area contributed by atoms with Gasteiger partial charge in [0.25, 0.3) is 11.8 Å². The minimum atomic E-state index is -0.500. The smallest absolute Gasteiger partial charge is 0.270 e. The van der Waals surface area contributed by atoms with Crippen LogP contribution >= 0.6 is 23.8 Å². The molecule has 0 spiro atoms. The van der Waals surface area contributed by atoms with Crippen molar-refractivity contribution >= 4 is 52.5 Å². The summed E-state index contributed by atoms with van der Waals surface area (Å²) in [4.78, 5) is 29.2. The zero-order valence-electron chi connectivity index (χ0n) is 16.5. The molecule has 1 aliphatic rings. The van der Waals surface area contributed by atoms with Gasteiger partial charge >= 0.3 is 0 Å². The Morgan fingerprint density at radius 3 is 2.26 bits per heavy atom. The van der Waals surface area contributed by atoms with Gasteiger partial charge in [-0.2, -0.15) is 0 Å². The number of halogens is 1. The fourth-order valence-corrected chi connectivity index (χ4v) is 3.91.